The molecule has 0 aromatic carbocycles. The molecular formula is C23H22F3N5O4. The number of carbonyl (C=O) groups is 2. The van der Waals surface area contributed by atoms with E-state index in [0.717, 1.165) is 0 Å². The summed E-state index contributed by atoms with van der Waals surface area (Å²) < 4.78 is 47.1. The Bertz CT molecular complexity index is 1230. The summed E-state index contributed by atoms with van der Waals surface area (Å²) in [5.74, 6) is -0.172. The Morgan fingerprint density at radius 3 is 2.80 bits per heavy atom. The van der Waals surface area contributed by atoms with Crippen molar-refractivity contribution in [1.82, 2.24) is 19.9 Å². The van der Waals surface area contributed by atoms with Crippen LogP contribution in [0.5, 0.6) is 5.88 Å². The van der Waals surface area contributed by atoms with Crippen LogP contribution in [0.25, 0.3) is 0 Å². The predicted octanol–water partition coefficient (Wildman–Crippen LogP) is 4.00. The number of amides is 2. The van der Waals surface area contributed by atoms with Crippen molar-refractivity contribution in [3.8, 4) is 5.88 Å². The van der Waals surface area contributed by atoms with E-state index in [9.17, 15) is 22.8 Å². The van der Waals surface area contributed by atoms with Crippen molar-refractivity contribution in [2.24, 2.45) is 0 Å². The molecule has 0 spiro atoms. The second-order valence-corrected chi connectivity index (χ2v) is 8.10. The maximum atomic E-state index is 13.1. The predicted molar refractivity (Wildman–Crippen MR) is 117 cm³/mol. The van der Waals surface area contributed by atoms with Crippen LogP contribution in [0.15, 0.2) is 41.6 Å². The third kappa shape index (κ3) is 5.58. The number of aryl methyl sites for hydroxylation is 1. The van der Waals surface area contributed by atoms with E-state index in [1.54, 1.807) is 24.0 Å². The van der Waals surface area contributed by atoms with Gasteiger partial charge in [0, 0.05) is 29.1 Å². The van der Waals surface area contributed by atoms with Crippen LogP contribution in [0.1, 0.15) is 52.1 Å². The average molecular weight is 489 g/mol. The fraction of sp³-hybridized carbons (Fsp3) is 0.348. The number of hydrogen-bond donors (Lipinski definition) is 1. The Kier molecular flexibility index (Phi) is 6.72. The van der Waals surface area contributed by atoms with Crippen molar-refractivity contribution in [3.63, 3.8) is 0 Å². The number of rotatable bonds is 8. The maximum absolute atomic E-state index is 13.1. The van der Waals surface area contributed by atoms with Gasteiger partial charge in [0.25, 0.3) is 5.91 Å². The van der Waals surface area contributed by atoms with Gasteiger partial charge < -0.3 is 19.4 Å². The molecule has 1 unspecified atom stereocenters. The second kappa shape index (κ2) is 9.72. The van der Waals surface area contributed by atoms with Crippen LogP contribution in [0, 0.1) is 6.92 Å². The van der Waals surface area contributed by atoms with Crippen molar-refractivity contribution in [2.75, 3.05) is 11.9 Å². The number of oxazole rings is 1. The fourth-order valence-corrected chi connectivity index (χ4v) is 3.74. The summed E-state index contributed by atoms with van der Waals surface area (Å²) in [7, 11) is 0. The van der Waals surface area contributed by atoms with Gasteiger partial charge in [-0.1, -0.05) is 0 Å². The van der Waals surface area contributed by atoms with Crippen LogP contribution in [0.2, 0.25) is 0 Å². The van der Waals surface area contributed by atoms with Gasteiger partial charge in [-0.2, -0.15) is 13.2 Å². The summed E-state index contributed by atoms with van der Waals surface area (Å²) in [5, 5.41) is 2.73. The number of halogens is 3. The topological polar surface area (TPSA) is 110 Å². The SMILES string of the molecule is Cc1cc(C(C)N2Cc3c(ccnc3NC(=O)Cc3cocn3)C2=O)cnc1OCCC(F)(F)F. The van der Waals surface area contributed by atoms with Gasteiger partial charge in [0.05, 0.1) is 37.7 Å². The molecular weight excluding hydrogens is 467 g/mol. The first-order valence-electron chi connectivity index (χ1n) is 10.7. The summed E-state index contributed by atoms with van der Waals surface area (Å²) in [6.07, 6.45) is 0.160. The van der Waals surface area contributed by atoms with Gasteiger partial charge in [0.2, 0.25) is 11.8 Å². The minimum Gasteiger partial charge on any atom is -0.477 e. The molecule has 0 aliphatic carbocycles. The van der Waals surface area contributed by atoms with Crippen molar-refractivity contribution in [1.29, 1.82) is 0 Å². The zero-order valence-electron chi connectivity index (χ0n) is 18.9. The van der Waals surface area contributed by atoms with Gasteiger partial charge in [-0.3, -0.25) is 9.59 Å². The highest BCUT2D eigenvalue weighted by Crippen LogP contribution is 2.34. The van der Waals surface area contributed by atoms with Crippen LogP contribution < -0.4 is 10.1 Å². The number of pyridine rings is 2. The van der Waals surface area contributed by atoms with Crippen molar-refractivity contribution >= 4 is 17.6 Å². The summed E-state index contributed by atoms with van der Waals surface area (Å²) in [4.78, 5) is 39.4. The monoisotopic (exact) mass is 489 g/mol. The first kappa shape index (κ1) is 24.2. The zero-order chi connectivity index (χ0) is 25.2. The van der Waals surface area contributed by atoms with Gasteiger partial charge >= 0.3 is 6.18 Å². The quantitative estimate of drug-likeness (QED) is 0.509. The van der Waals surface area contributed by atoms with Crippen LogP contribution in [0.3, 0.4) is 0 Å². The van der Waals surface area contributed by atoms with E-state index in [4.69, 9.17) is 9.15 Å². The lowest BCUT2D eigenvalue weighted by Crippen LogP contribution is -2.27. The lowest BCUT2D eigenvalue weighted by atomic mass is 10.1. The Hall–Kier alpha value is -3.96. The first-order chi connectivity index (χ1) is 16.6. The number of ether oxygens (including phenoxy) is 1. The smallest absolute Gasteiger partial charge is 0.392 e. The lowest BCUT2D eigenvalue weighted by molar-refractivity contribution is -0.139. The van der Waals surface area contributed by atoms with Gasteiger partial charge in [-0.15, -0.1) is 0 Å². The molecule has 3 aromatic rings. The number of alkyl halides is 3. The Balaban J connectivity index is 1.45. The van der Waals surface area contributed by atoms with Crippen LogP contribution >= 0.6 is 0 Å². The second-order valence-electron chi connectivity index (χ2n) is 8.10. The van der Waals surface area contributed by atoms with Gasteiger partial charge in [-0.25, -0.2) is 15.0 Å². The highest BCUT2D eigenvalue weighted by atomic mass is 19.4. The third-order valence-electron chi connectivity index (χ3n) is 5.58. The zero-order valence-corrected chi connectivity index (χ0v) is 18.9. The molecule has 2 amide bonds. The molecule has 0 saturated heterocycles. The van der Waals surface area contributed by atoms with E-state index < -0.39 is 25.2 Å². The molecule has 1 aliphatic rings. The van der Waals surface area contributed by atoms with E-state index in [1.807, 2.05) is 6.92 Å². The number of anilines is 1. The number of hydrogen-bond acceptors (Lipinski definition) is 7. The van der Waals surface area contributed by atoms with Gasteiger partial charge in [-0.05, 0) is 31.5 Å². The largest absolute Gasteiger partial charge is 0.477 e. The van der Waals surface area contributed by atoms with Gasteiger partial charge in [0.15, 0.2) is 6.39 Å². The Morgan fingerprint density at radius 1 is 1.31 bits per heavy atom. The number of nitrogens with one attached hydrogen (secondary N) is 1. The van der Waals surface area contributed by atoms with E-state index >= 15 is 0 Å². The van der Waals surface area contributed by atoms with Gasteiger partial charge in [0.1, 0.15) is 12.1 Å². The molecule has 12 heteroatoms. The number of fused-ring (bicyclic) bond motifs is 1. The molecule has 4 rings (SSSR count). The van der Waals surface area contributed by atoms with Crippen LogP contribution in [-0.2, 0) is 17.8 Å². The molecule has 0 saturated carbocycles. The molecule has 3 aromatic heterocycles. The first-order valence-corrected chi connectivity index (χ1v) is 10.7. The highest BCUT2D eigenvalue weighted by Gasteiger charge is 2.34. The maximum Gasteiger partial charge on any atom is 0.392 e. The molecule has 1 aliphatic heterocycles. The van der Waals surface area contributed by atoms with E-state index in [0.29, 0.717) is 33.8 Å². The minimum absolute atomic E-state index is 0.00174. The molecule has 9 nitrogen and oxygen atoms in total. The van der Waals surface area contributed by atoms with Crippen molar-refractivity contribution in [3.05, 3.63) is 65.1 Å². The molecule has 35 heavy (non-hydrogen) atoms. The minimum atomic E-state index is -4.31. The number of carbonyl (C=O) groups excluding carboxylic acids is 2. The summed E-state index contributed by atoms with van der Waals surface area (Å²) in [5.41, 5.74) is 2.74. The van der Waals surface area contributed by atoms with E-state index in [2.05, 4.69) is 20.3 Å². The molecule has 1 N–H and O–H groups in total. The molecule has 1 atom stereocenters. The molecule has 0 bridgehead atoms. The van der Waals surface area contributed by atoms with E-state index in [1.165, 1.54) is 25.1 Å². The van der Waals surface area contributed by atoms with Crippen molar-refractivity contribution < 1.29 is 31.9 Å². The normalized spacial score (nSPS) is 14.1. The summed E-state index contributed by atoms with van der Waals surface area (Å²) >= 11 is 0. The van der Waals surface area contributed by atoms with Crippen LogP contribution in [0.4, 0.5) is 19.0 Å². The summed E-state index contributed by atoms with van der Waals surface area (Å²) in [6, 6.07) is 2.93. The Labute approximate surface area is 198 Å². The number of nitrogens with zero attached hydrogens (tertiary/aromatic N) is 4. The van der Waals surface area contributed by atoms with Crippen LogP contribution in [-0.4, -0.2) is 44.4 Å². The average Bonchev–Trinajstić information content (AvgIpc) is 3.42. The lowest BCUT2D eigenvalue weighted by Gasteiger charge is -2.25. The molecule has 0 fully saturated rings. The summed E-state index contributed by atoms with van der Waals surface area (Å²) in [6.45, 7) is 3.19. The van der Waals surface area contributed by atoms with Crippen molar-refractivity contribution in [2.45, 2.75) is 45.5 Å². The number of aromatic nitrogens is 3. The third-order valence-corrected chi connectivity index (χ3v) is 5.58. The van der Waals surface area contributed by atoms with E-state index in [-0.39, 0.29) is 30.7 Å². The molecule has 184 valence electrons. The fourth-order valence-electron chi connectivity index (χ4n) is 3.74. The highest BCUT2D eigenvalue weighted by molar-refractivity contribution is 6.01. The Morgan fingerprint density at radius 2 is 2.11 bits per heavy atom. The standard InChI is InChI=1S/C23H22F3N5O4/c1-13-7-15(9-28-21(13)35-6-4-23(24,25)26)14(2)31-10-18-17(22(31)33)3-5-27-20(18)30-19(32)8-16-11-34-12-29-16/h3,5,7,9,11-12,14H,4,6,8,10H2,1-2H3,(H,27,30,32). The molecule has 4 heterocycles. The molecule has 0 radical (unpaired) electrons.